The fraction of sp³-hybridized carbons (Fsp3) is 0.571. The van der Waals surface area contributed by atoms with Crippen LogP contribution in [0.2, 0.25) is 5.02 Å². The molecule has 1 saturated carbocycles. The summed E-state index contributed by atoms with van der Waals surface area (Å²) in [6, 6.07) is 4.39. The molecule has 110 valence electrons. The molecule has 0 amide bonds. The predicted octanol–water partition coefficient (Wildman–Crippen LogP) is 2.89. The Morgan fingerprint density at radius 2 is 2.15 bits per heavy atom. The highest BCUT2D eigenvalue weighted by molar-refractivity contribution is 6.31. The number of non-ortho nitro benzene ring substituents is 1. The minimum Gasteiger partial charge on any atom is -0.392 e. The normalized spacial score (nSPS) is 17.3. The Labute approximate surface area is 123 Å². The number of hydrogen-bond donors (Lipinski definition) is 2. The number of halogens is 1. The molecule has 0 spiro atoms. The number of aliphatic hydroxyl groups excluding tert-OH is 1. The fourth-order valence-corrected chi connectivity index (χ4v) is 2.86. The molecule has 20 heavy (non-hydrogen) atoms. The molecular weight excluding hydrogens is 280 g/mol. The van der Waals surface area contributed by atoms with E-state index in [1.165, 1.54) is 31.0 Å². The van der Waals surface area contributed by atoms with Crippen LogP contribution in [0.1, 0.15) is 31.2 Å². The number of hydrogen-bond acceptors (Lipinski definition) is 4. The molecule has 1 aliphatic carbocycles. The molecule has 6 heteroatoms. The van der Waals surface area contributed by atoms with E-state index in [4.69, 9.17) is 11.6 Å². The number of aliphatic hydroxyl groups is 1. The van der Waals surface area contributed by atoms with E-state index in [1.54, 1.807) is 0 Å². The molecule has 0 aliphatic heterocycles. The van der Waals surface area contributed by atoms with Gasteiger partial charge in [0.15, 0.2) is 0 Å². The number of nitro groups is 1. The largest absolute Gasteiger partial charge is 0.392 e. The Morgan fingerprint density at radius 3 is 2.80 bits per heavy atom. The Morgan fingerprint density at radius 1 is 1.45 bits per heavy atom. The van der Waals surface area contributed by atoms with E-state index in [2.05, 4.69) is 5.32 Å². The SMILES string of the molecule is O=[N+]([O-])c1ccc(Cl)c(CNCC(O)C2CCCC2)c1. The van der Waals surface area contributed by atoms with Crippen LogP contribution in [0.25, 0.3) is 0 Å². The minimum atomic E-state index is -0.437. The van der Waals surface area contributed by atoms with Crippen molar-refractivity contribution >= 4 is 17.3 Å². The summed E-state index contributed by atoms with van der Waals surface area (Å²) >= 11 is 6.02. The lowest BCUT2D eigenvalue weighted by Gasteiger charge is -2.18. The van der Waals surface area contributed by atoms with E-state index in [0.29, 0.717) is 29.6 Å². The zero-order valence-electron chi connectivity index (χ0n) is 11.2. The number of benzene rings is 1. The summed E-state index contributed by atoms with van der Waals surface area (Å²) in [5, 5.41) is 24.4. The van der Waals surface area contributed by atoms with Crippen LogP contribution in [-0.2, 0) is 6.54 Å². The van der Waals surface area contributed by atoms with E-state index in [9.17, 15) is 15.2 Å². The fourth-order valence-electron chi connectivity index (χ4n) is 2.67. The van der Waals surface area contributed by atoms with Crippen LogP contribution in [-0.4, -0.2) is 22.7 Å². The van der Waals surface area contributed by atoms with E-state index in [-0.39, 0.29) is 11.8 Å². The van der Waals surface area contributed by atoms with Gasteiger partial charge in [-0.2, -0.15) is 0 Å². The zero-order chi connectivity index (χ0) is 14.5. The Hall–Kier alpha value is -1.17. The maximum Gasteiger partial charge on any atom is 0.269 e. The first-order valence-electron chi connectivity index (χ1n) is 6.89. The molecule has 0 saturated heterocycles. The molecule has 1 aromatic rings. The van der Waals surface area contributed by atoms with Crippen LogP contribution in [0.15, 0.2) is 18.2 Å². The summed E-state index contributed by atoms with van der Waals surface area (Å²) in [5.41, 5.74) is 0.710. The van der Waals surface area contributed by atoms with Crippen molar-refractivity contribution in [1.29, 1.82) is 0 Å². The van der Waals surface area contributed by atoms with Crippen molar-refractivity contribution in [2.24, 2.45) is 5.92 Å². The predicted molar refractivity (Wildman–Crippen MR) is 77.8 cm³/mol. The molecular formula is C14H19ClN2O3. The maximum atomic E-state index is 10.7. The Balaban J connectivity index is 1.87. The standard InChI is InChI=1S/C14H19ClN2O3/c15-13-6-5-12(17(19)20)7-11(13)8-16-9-14(18)10-3-1-2-4-10/h5-7,10,14,16,18H,1-4,8-9H2. The van der Waals surface area contributed by atoms with Crippen LogP contribution < -0.4 is 5.32 Å². The lowest BCUT2D eigenvalue weighted by atomic mass is 10.0. The van der Waals surface area contributed by atoms with E-state index in [0.717, 1.165) is 12.8 Å². The monoisotopic (exact) mass is 298 g/mol. The second-order valence-corrected chi connectivity index (χ2v) is 5.68. The first kappa shape index (κ1) is 15.2. The highest BCUT2D eigenvalue weighted by Crippen LogP contribution is 2.27. The number of nitro benzene ring substituents is 1. The molecule has 0 heterocycles. The van der Waals surface area contributed by atoms with E-state index >= 15 is 0 Å². The van der Waals surface area contributed by atoms with Gasteiger partial charge in [-0.25, -0.2) is 0 Å². The third-order valence-electron chi connectivity index (χ3n) is 3.85. The maximum absolute atomic E-state index is 10.7. The van der Waals surface area contributed by atoms with Gasteiger partial charge in [-0.05, 0) is 30.4 Å². The minimum absolute atomic E-state index is 0.0301. The van der Waals surface area contributed by atoms with Crippen molar-refractivity contribution in [3.63, 3.8) is 0 Å². The zero-order valence-corrected chi connectivity index (χ0v) is 12.0. The third kappa shape index (κ3) is 3.91. The first-order valence-corrected chi connectivity index (χ1v) is 7.27. The van der Waals surface area contributed by atoms with Crippen molar-refractivity contribution in [3.05, 3.63) is 38.9 Å². The average molecular weight is 299 g/mol. The van der Waals surface area contributed by atoms with Gasteiger partial charge in [0.1, 0.15) is 0 Å². The summed E-state index contributed by atoms with van der Waals surface area (Å²) < 4.78 is 0. The molecule has 1 fully saturated rings. The molecule has 0 bridgehead atoms. The first-order chi connectivity index (χ1) is 9.58. The highest BCUT2D eigenvalue weighted by Gasteiger charge is 2.22. The molecule has 0 radical (unpaired) electrons. The molecule has 1 atom stereocenters. The van der Waals surface area contributed by atoms with E-state index in [1.807, 2.05) is 0 Å². The van der Waals surface area contributed by atoms with Crippen molar-refractivity contribution < 1.29 is 10.0 Å². The smallest absolute Gasteiger partial charge is 0.269 e. The summed E-state index contributed by atoms with van der Waals surface area (Å²) in [5.74, 6) is 0.378. The summed E-state index contributed by atoms with van der Waals surface area (Å²) in [6.07, 6.45) is 4.20. The van der Waals surface area contributed by atoms with Crippen LogP contribution >= 0.6 is 11.6 Å². The average Bonchev–Trinajstić information content (AvgIpc) is 2.94. The second-order valence-electron chi connectivity index (χ2n) is 5.28. The number of nitrogens with zero attached hydrogens (tertiary/aromatic N) is 1. The van der Waals surface area contributed by atoms with Gasteiger partial charge in [-0.3, -0.25) is 10.1 Å². The van der Waals surface area contributed by atoms with Crippen molar-refractivity contribution in [2.45, 2.75) is 38.3 Å². The van der Waals surface area contributed by atoms with Gasteiger partial charge in [0.25, 0.3) is 5.69 Å². The molecule has 2 rings (SSSR count). The summed E-state index contributed by atoms with van der Waals surface area (Å²) in [6.45, 7) is 0.911. The quantitative estimate of drug-likeness (QED) is 0.625. The Kier molecular flexibility index (Phi) is 5.34. The van der Waals surface area contributed by atoms with Crippen LogP contribution in [0.4, 0.5) is 5.69 Å². The van der Waals surface area contributed by atoms with Gasteiger partial charge in [0.2, 0.25) is 0 Å². The van der Waals surface area contributed by atoms with Gasteiger partial charge >= 0.3 is 0 Å². The Bertz CT molecular complexity index is 475. The second kappa shape index (κ2) is 7.02. The molecule has 1 aromatic carbocycles. The molecule has 2 N–H and O–H groups in total. The van der Waals surface area contributed by atoms with Crippen molar-refractivity contribution in [1.82, 2.24) is 5.32 Å². The van der Waals surface area contributed by atoms with Crippen LogP contribution in [0, 0.1) is 16.0 Å². The molecule has 5 nitrogen and oxygen atoms in total. The number of rotatable bonds is 6. The lowest BCUT2D eigenvalue weighted by molar-refractivity contribution is -0.384. The lowest BCUT2D eigenvalue weighted by Crippen LogP contribution is -2.31. The van der Waals surface area contributed by atoms with E-state index < -0.39 is 4.92 Å². The van der Waals surface area contributed by atoms with Gasteiger partial charge in [-0.15, -0.1) is 0 Å². The molecule has 1 unspecified atom stereocenters. The van der Waals surface area contributed by atoms with Crippen LogP contribution in [0.5, 0.6) is 0 Å². The summed E-state index contributed by atoms with van der Waals surface area (Å²) in [4.78, 5) is 10.3. The topological polar surface area (TPSA) is 75.4 Å². The molecule has 1 aliphatic rings. The molecule has 0 aromatic heterocycles. The number of nitrogens with one attached hydrogen (secondary N) is 1. The highest BCUT2D eigenvalue weighted by atomic mass is 35.5. The van der Waals surface area contributed by atoms with Gasteiger partial charge in [-0.1, -0.05) is 24.4 Å². The van der Waals surface area contributed by atoms with Gasteiger partial charge in [0.05, 0.1) is 11.0 Å². The van der Waals surface area contributed by atoms with Gasteiger partial charge < -0.3 is 10.4 Å². The van der Waals surface area contributed by atoms with Gasteiger partial charge in [0, 0.05) is 30.2 Å². The van der Waals surface area contributed by atoms with Crippen LogP contribution in [0.3, 0.4) is 0 Å². The van der Waals surface area contributed by atoms with Crippen molar-refractivity contribution in [2.75, 3.05) is 6.54 Å². The summed E-state index contributed by atoms with van der Waals surface area (Å²) in [7, 11) is 0. The van der Waals surface area contributed by atoms with Crippen molar-refractivity contribution in [3.8, 4) is 0 Å². The third-order valence-corrected chi connectivity index (χ3v) is 4.22.